The summed E-state index contributed by atoms with van der Waals surface area (Å²) in [5, 5.41) is 12.7. The first-order valence-electron chi connectivity index (χ1n) is 9.12. The highest BCUT2D eigenvalue weighted by atomic mass is 35.5. The van der Waals surface area contributed by atoms with Gasteiger partial charge in [-0.3, -0.25) is 4.79 Å². The molecule has 0 radical (unpaired) electrons. The van der Waals surface area contributed by atoms with E-state index in [0.717, 1.165) is 5.56 Å². The van der Waals surface area contributed by atoms with Crippen molar-refractivity contribution in [3.05, 3.63) is 99.8 Å². The van der Waals surface area contributed by atoms with Crippen molar-refractivity contribution in [1.82, 2.24) is 0 Å². The van der Waals surface area contributed by atoms with Crippen molar-refractivity contribution in [2.45, 2.75) is 13.5 Å². The Kier molecular flexibility index (Phi) is 6.84. The van der Waals surface area contributed by atoms with E-state index < -0.39 is 5.91 Å². The molecule has 3 rings (SSSR count). The van der Waals surface area contributed by atoms with E-state index in [1.165, 1.54) is 18.2 Å². The van der Waals surface area contributed by atoms with Crippen molar-refractivity contribution in [3.63, 3.8) is 0 Å². The van der Waals surface area contributed by atoms with E-state index in [2.05, 4.69) is 5.32 Å². The SMILES string of the molecule is Cc1ccc(NC(=O)/C(C#N)=C\c2ccccc2OCc2cccc(F)c2)cc1Cl. The highest BCUT2D eigenvalue weighted by Gasteiger charge is 2.12. The van der Waals surface area contributed by atoms with Crippen molar-refractivity contribution in [2.24, 2.45) is 0 Å². The van der Waals surface area contributed by atoms with Crippen LogP contribution in [0.4, 0.5) is 10.1 Å². The quantitative estimate of drug-likeness (QED) is 0.398. The van der Waals surface area contributed by atoms with Gasteiger partial charge in [0.25, 0.3) is 5.91 Å². The second-order valence-corrected chi connectivity index (χ2v) is 6.95. The molecule has 30 heavy (non-hydrogen) atoms. The summed E-state index contributed by atoms with van der Waals surface area (Å²) in [6.07, 6.45) is 1.45. The zero-order valence-corrected chi connectivity index (χ0v) is 16.9. The van der Waals surface area contributed by atoms with Crippen LogP contribution in [0.3, 0.4) is 0 Å². The Labute approximate surface area is 179 Å². The summed E-state index contributed by atoms with van der Waals surface area (Å²) in [6.45, 7) is 2.01. The molecule has 0 atom stereocenters. The summed E-state index contributed by atoms with van der Waals surface area (Å²) in [5.74, 6) is -0.429. The fourth-order valence-electron chi connectivity index (χ4n) is 2.69. The number of ether oxygens (including phenoxy) is 1. The molecule has 0 unspecified atom stereocenters. The van der Waals surface area contributed by atoms with Gasteiger partial charge in [0.15, 0.2) is 0 Å². The van der Waals surface area contributed by atoms with Gasteiger partial charge < -0.3 is 10.1 Å². The summed E-state index contributed by atoms with van der Waals surface area (Å²) in [5.41, 5.74) is 2.52. The summed E-state index contributed by atoms with van der Waals surface area (Å²) in [4.78, 5) is 12.5. The standard InChI is InChI=1S/C24H18ClFN2O2/c1-16-9-10-21(13-22(16)25)28-24(29)19(14-27)12-18-6-2-3-8-23(18)30-15-17-5-4-7-20(26)11-17/h2-13H,15H2,1H3,(H,28,29)/b19-12-. The molecule has 0 saturated carbocycles. The molecular weight excluding hydrogens is 403 g/mol. The Morgan fingerprint density at radius 1 is 1.17 bits per heavy atom. The molecule has 0 bridgehead atoms. The fourth-order valence-corrected chi connectivity index (χ4v) is 2.87. The average molecular weight is 421 g/mol. The number of nitrogens with zero attached hydrogens (tertiary/aromatic N) is 1. The van der Waals surface area contributed by atoms with Gasteiger partial charge >= 0.3 is 0 Å². The lowest BCUT2D eigenvalue weighted by Gasteiger charge is -2.10. The Morgan fingerprint density at radius 3 is 2.70 bits per heavy atom. The minimum Gasteiger partial charge on any atom is -0.488 e. The highest BCUT2D eigenvalue weighted by molar-refractivity contribution is 6.31. The zero-order valence-electron chi connectivity index (χ0n) is 16.2. The lowest BCUT2D eigenvalue weighted by atomic mass is 10.1. The number of carbonyl (C=O) groups is 1. The summed E-state index contributed by atoms with van der Waals surface area (Å²) in [7, 11) is 0. The van der Waals surface area contributed by atoms with Crippen LogP contribution in [0.25, 0.3) is 6.08 Å². The highest BCUT2D eigenvalue weighted by Crippen LogP contribution is 2.24. The first kappa shape index (κ1) is 21.1. The van der Waals surface area contributed by atoms with E-state index in [1.54, 1.807) is 54.6 Å². The monoisotopic (exact) mass is 420 g/mol. The fraction of sp³-hybridized carbons (Fsp3) is 0.0833. The number of carbonyl (C=O) groups excluding carboxylic acids is 1. The van der Waals surface area contributed by atoms with Crippen LogP contribution in [0.5, 0.6) is 5.75 Å². The number of hydrogen-bond donors (Lipinski definition) is 1. The van der Waals surface area contributed by atoms with E-state index in [0.29, 0.717) is 27.6 Å². The van der Waals surface area contributed by atoms with E-state index in [1.807, 2.05) is 13.0 Å². The number of hydrogen-bond acceptors (Lipinski definition) is 3. The smallest absolute Gasteiger partial charge is 0.266 e. The number of aryl methyl sites for hydroxylation is 1. The molecule has 1 amide bonds. The average Bonchev–Trinajstić information content (AvgIpc) is 2.74. The van der Waals surface area contributed by atoms with Gasteiger partial charge in [0, 0.05) is 16.3 Å². The maximum absolute atomic E-state index is 13.4. The van der Waals surface area contributed by atoms with E-state index in [-0.39, 0.29) is 18.0 Å². The summed E-state index contributed by atoms with van der Waals surface area (Å²) >= 11 is 6.09. The Morgan fingerprint density at radius 2 is 1.97 bits per heavy atom. The molecule has 1 N–H and O–H groups in total. The van der Waals surface area contributed by atoms with Gasteiger partial charge in [-0.05, 0) is 54.5 Å². The Balaban J connectivity index is 1.79. The van der Waals surface area contributed by atoms with Gasteiger partial charge in [0.05, 0.1) is 0 Å². The van der Waals surface area contributed by atoms with Gasteiger partial charge in [-0.15, -0.1) is 0 Å². The lowest BCUT2D eigenvalue weighted by molar-refractivity contribution is -0.112. The van der Waals surface area contributed by atoms with Crippen LogP contribution in [0, 0.1) is 24.1 Å². The van der Waals surface area contributed by atoms with Crippen LogP contribution in [0.15, 0.2) is 72.3 Å². The van der Waals surface area contributed by atoms with Crippen molar-refractivity contribution in [2.75, 3.05) is 5.32 Å². The van der Waals surface area contributed by atoms with Crippen LogP contribution in [0.2, 0.25) is 5.02 Å². The Hall–Kier alpha value is -3.62. The van der Waals surface area contributed by atoms with E-state index in [4.69, 9.17) is 16.3 Å². The third-order valence-electron chi connectivity index (χ3n) is 4.30. The zero-order chi connectivity index (χ0) is 21.5. The number of nitriles is 1. The second kappa shape index (κ2) is 9.73. The largest absolute Gasteiger partial charge is 0.488 e. The molecule has 150 valence electrons. The summed E-state index contributed by atoms with van der Waals surface area (Å²) in [6, 6.07) is 20.1. The normalized spacial score (nSPS) is 10.9. The van der Waals surface area contributed by atoms with E-state index >= 15 is 0 Å². The number of anilines is 1. The predicted molar refractivity (Wildman–Crippen MR) is 116 cm³/mol. The van der Waals surface area contributed by atoms with Crippen LogP contribution in [-0.4, -0.2) is 5.91 Å². The number of rotatable bonds is 6. The molecule has 0 aliphatic rings. The molecule has 0 aromatic heterocycles. The Bertz CT molecular complexity index is 1150. The third kappa shape index (κ3) is 5.47. The molecule has 0 aliphatic carbocycles. The van der Waals surface area contributed by atoms with Gasteiger partial charge in [0.1, 0.15) is 29.8 Å². The number of nitrogens with one attached hydrogen (secondary N) is 1. The minimum atomic E-state index is -0.558. The molecule has 4 nitrogen and oxygen atoms in total. The van der Waals surface area contributed by atoms with Crippen LogP contribution in [0.1, 0.15) is 16.7 Å². The molecule has 0 heterocycles. The van der Waals surface area contributed by atoms with Crippen molar-refractivity contribution in [3.8, 4) is 11.8 Å². The molecule has 0 aliphatic heterocycles. The van der Waals surface area contributed by atoms with Gasteiger partial charge in [-0.2, -0.15) is 5.26 Å². The summed E-state index contributed by atoms with van der Waals surface area (Å²) < 4.78 is 19.1. The molecular formula is C24H18ClFN2O2. The third-order valence-corrected chi connectivity index (χ3v) is 4.70. The van der Waals surface area contributed by atoms with Crippen LogP contribution in [-0.2, 0) is 11.4 Å². The number of halogens is 2. The first-order chi connectivity index (χ1) is 14.5. The number of benzene rings is 3. The molecule has 0 spiro atoms. The molecule has 6 heteroatoms. The van der Waals surface area contributed by atoms with Gasteiger partial charge in [0.2, 0.25) is 0 Å². The molecule has 3 aromatic carbocycles. The van der Waals surface area contributed by atoms with Crippen molar-refractivity contribution >= 4 is 29.3 Å². The van der Waals surface area contributed by atoms with Gasteiger partial charge in [-0.1, -0.05) is 48.0 Å². The number of para-hydroxylation sites is 1. The molecule has 0 saturated heterocycles. The van der Waals surface area contributed by atoms with Crippen LogP contribution < -0.4 is 10.1 Å². The van der Waals surface area contributed by atoms with Gasteiger partial charge in [-0.25, -0.2) is 4.39 Å². The molecule has 3 aromatic rings. The molecule has 0 fully saturated rings. The van der Waals surface area contributed by atoms with Crippen LogP contribution >= 0.6 is 11.6 Å². The van der Waals surface area contributed by atoms with Crippen molar-refractivity contribution < 1.29 is 13.9 Å². The van der Waals surface area contributed by atoms with E-state index in [9.17, 15) is 14.4 Å². The predicted octanol–water partition coefficient (Wildman–Crippen LogP) is 5.91. The van der Waals surface area contributed by atoms with Crippen molar-refractivity contribution in [1.29, 1.82) is 5.26 Å². The lowest BCUT2D eigenvalue weighted by Crippen LogP contribution is -2.13. The maximum atomic E-state index is 13.4. The second-order valence-electron chi connectivity index (χ2n) is 6.54. The minimum absolute atomic E-state index is 0.0893. The maximum Gasteiger partial charge on any atom is 0.266 e. The topological polar surface area (TPSA) is 62.1 Å². The number of amides is 1. The first-order valence-corrected chi connectivity index (χ1v) is 9.49.